The van der Waals surface area contributed by atoms with Crippen molar-refractivity contribution >= 4 is 6.34 Å². The average molecular weight is 363 g/mol. The number of nitrogens with one attached hydrogen (secondary N) is 1. The van der Waals surface area contributed by atoms with Gasteiger partial charge in [-0.25, -0.2) is 0 Å². The molecule has 3 atom stereocenters. The number of aliphatic hydroxyl groups is 1. The second-order valence-electron chi connectivity index (χ2n) is 7.29. The number of aliphatic imine (C=N–C) groups is 1. The molecule has 2 heterocycles. The van der Waals surface area contributed by atoms with Gasteiger partial charge in [-0.1, -0.05) is 48.0 Å². The summed E-state index contributed by atoms with van der Waals surface area (Å²) in [7, 11) is 0. The van der Waals surface area contributed by atoms with Crippen LogP contribution < -0.4 is 5.32 Å². The summed E-state index contributed by atoms with van der Waals surface area (Å²) >= 11 is 0. The van der Waals surface area contributed by atoms with Gasteiger partial charge in [0.25, 0.3) is 0 Å². The van der Waals surface area contributed by atoms with E-state index in [1.54, 1.807) is 12.1 Å². The lowest BCUT2D eigenvalue weighted by atomic mass is 9.94. The van der Waals surface area contributed by atoms with E-state index >= 15 is 0 Å². The minimum atomic E-state index is -0.547. The monoisotopic (exact) mass is 363 g/mol. The molecule has 140 valence electrons. The zero-order chi connectivity index (χ0) is 18.6. The fourth-order valence-electron chi connectivity index (χ4n) is 3.88. The Bertz CT molecular complexity index is 834. The van der Waals surface area contributed by atoms with Gasteiger partial charge in [-0.05, 0) is 42.2 Å². The lowest BCUT2D eigenvalue weighted by Crippen LogP contribution is -2.37. The quantitative estimate of drug-likeness (QED) is 0.690. The number of hydrogen-bond donors (Lipinski definition) is 3. The van der Waals surface area contributed by atoms with Crippen LogP contribution in [0.4, 0.5) is 0 Å². The van der Waals surface area contributed by atoms with Crippen molar-refractivity contribution in [2.45, 2.75) is 37.7 Å². The molecule has 5 nitrogen and oxygen atoms in total. The molecule has 0 aliphatic carbocycles. The lowest BCUT2D eigenvalue weighted by molar-refractivity contribution is 0.199. The van der Waals surface area contributed by atoms with Gasteiger partial charge in [-0.15, -0.1) is 0 Å². The SMILES string of the molecule is Oc1cccc(CN2C=NC(Cc3ccccc3)C2CC2=CC(O)NC2)c1. The fraction of sp³-hybridized carbons (Fsp3) is 0.318. The maximum absolute atomic E-state index is 9.76. The van der Waals surface area contributed by atoms with Crippen LogP contribution in [0.25, 0.3) is 0 Å². The third-order valence-corrected chi connectivity index (χ3v) is 5.24. The van der Waals surface area contributed by atoms with Crippen molar-refractivity contribution in [1.82, 2.24) is 10.2 Å². The molecule has 3 unspecified atom stereocenters. The van der Waals surface area contributed by atoms with E-state index in [1.807, 2.05) is 30.6 Å². The summed E-state index contributed by atoms with van der Waals surface area (Å²) in [5, 5.41) is 22.6. The summed E-state index contributed by atoms with van der Waals surface area (Å²) < 4.78 is 0. The van der Waals surface area contributed by atoms with Crippen LogP contribution in [0.5, 0.6) is 5.75 Å². The summed E-state index contributed by atoms with van der Waals surface area (Å²) in [6.07, 6.45) is 5.06. The van der Waals surface area contributed by atoms with E-state index in [4.69, 9.17) is 4.99 Å². The zero-order valence-corrected chi connectivity index (χ0v) is 15.2. The van der Waals surface area contributed by atoms with Crippen molar-refractivity contribution in [2.24, 2.45) is 4.99 Å². The summed E-state index contributed by atoms with van der Waals surface area (Å²) in [4.78, 5) is 7.06. The highest BCUT2D eigenvalue weighted by atomic mass is 16.3. The van der Waals surface area contributed by atoms with E-state index in [0.717, 1.165) is 24.9 Å². The van der Waals surface area contributed by atoms with E-state index in [-0.39, 0.29) is 17.8 Å². The number of hydrogen-bond acceptors (Lipinski definition) is 5. The number of phenols is 1. The first-order chi connectivity index (χ1) is 13.2. The molecule has 2 aliphatic rings. The first kappa shape index (κ1) is 17.8. The molecule has 0 saturated heterocycles. The van der Waals surface area contributed by atoms with Crippen LogP contribution in [0.2, 0.25) is 0 Å². The molecule has 0 saturated carbocycles. The Morgan fingerprint density at radius 3 is 2.59 bits per heavy atom. The number of aromatic hydroxyl groups is 1. The Hall–Kier alpha value is -2.63. The van der Waals surface area contributed by atoms with Gasteiger partial charge >= 0.3 is 0 Å². The van der Waals surface area contributed by atoms with Gasteiger partial charge in [0.05, 0.1) is 18.4 Å². The van der Waals surface area contributed by atoms with Gasteiger partial charge in [0.2, 0.25) is 0 Å². The second kappa shape index (κ2) is 7.94. The predicted octanol–water partition coefficient (Wildman–Crippen LogP) is 2.45. The molecule has 2 aromatic carbocycles. The largest absolute Gasteiger partial charge is 0.508 e. The van der Waals surface area contributed by atoms with Gasteiger partial charge in [-0.3, -0.25) is 10.3 Å². The molecular formula is C22H25N3O2. The number of aliphatic hydroxyl groups excluding tert-OH is 1. The van der Waals surface area contributed by atoms with Crippen molar-refractivity contribution in [3.05, 3.63) is 77.4 Å². The minimum Gasteiger partial charge on any atom is -0.508 e. The van der Waals surface area contributed by atoms with Crippen LogP contribution in [0.15, 0.2) is 71.2 Å². The smallest absolute Gasteiger partial charge is 0.124 e. The van der Waals surface area contributed by atoms with Crippen molar-refractivity contribution in [1.29, 1.82) is 0 Å². The minimum absolute atomic E-state index is 0.170. The molecule has 0 fully saturated rings. The summed E-state index contributed by atoms with van der Waals surface area (Å²) in [6.45, 7) is 1.42. The normalized spacial score (nSPS) is 24.4. The Balaban J connectivity index is 1.52. The lowest BCUT2D eigenvalue weighted by Gasteiger charge is -2.29. The standard InChI is InChI=1S/C22H25N3O2/c26-19-8-4-7-17(9-19)14-25-15-24-20(10-16-5-2-1-3-6-16)21(25)11-18-12-22(27)23-13-18/h1-9,12,15,20-23,26-27H,10-11,13-14H2. The topological polar surface area (TPSA) is 68.1 Å². The van der Waals surface area contributed by atoms with E-state index in [0.29, 0.717) is 6.54 Å². The highest BCUT2D eigenvalue weighted by molar-refractivity contribution is 5.59. The fourth-order valence-corrected chi connectivity index (χ4v) is 3.88. The third-order valence-electron chi connectivity index (χ3n) is 5.24. The van der Waals surface area contributed by atoms with Crippen molar-refractivity contribution in [3.8, 4) is 5.75 Å². The van der Waals surface area contributed by atoms with Gasteiger partial charge in [0.15, 0.2) is 0 Å². The van der Waals surface area contributed by atoms with Gasteiger partial charge in [0, 0.05) is 13.1 Å². The Labute approximate surface area is 159 Å². The zero-order valence-electron chi connectivity index (χ0n) is 15.2. The number of phenolic OH excluding ortho intramolecular Hbond substituents is 1. The van der Waals surface area contributed by atoms with E-state index in [2.05, 4.69) is 34.5 Å². The molecular weight excluding hydrogens is 338 g/mol. The summed E-state index contributed by atoms with van der Waals surface area (Å²) in [5.41, 5.74) is 3.56. The van der Waals surface area contributed by atoms with E-state index < -0.39 is 6.23 Å². The van der Waals surface area contributed by atoms with Crippen LogP contribution in [-0.4, -0.2) is 46.3 Å². The first-order valence-electron chi connectivity index (χ1n) is 9.39. The predicted molar refractivity (Wildman–Crippen MR) is 107 cm³/mol. The maximum atomic E-state index is 9.76. The van der Waals surface area contributed by atoms with Crippen molar-refractivity contribution in [2.75, 3.05) is 6.54 Å². The van der Waals surface area contributed by atoms with Crippen molar-refractivity contribution in [3.63, 3.8) is 0 Å². The molecule has 0 radical (unpaired) electrons. The maximum Gasteiger partial charge on any atom is 0.124 e. The number of benzene rings is 2. The number of nitrogens with zero attached hydrogens (tertiary/aromatic N) is 2. The van der Waals surface area contributed by atoms with Crippen LogP contribution in [-0.2, 0) is 13.0 Å². The van der Waals surface area contributed by atoms with Gasteiger partial charge < -0.3 is 15.1 Å². The van der Waals surface area contributed by atoms with Crippen LogP contribution in [0, 0.1) is 0 Å². The van der Waals surface area contributed by atoms with Crippen LogP contribution in [0.3, 0.4) is 0 Å². The first-order valence-corrected chi connectivity index (χ1v) is 9.39. The number of rotatable bonds is 6. The second-order valence-corrected chi connectivity index (χ2v) is 7.29. The molecule has 0 spiro atoms. The summed E-state index contributed by atoms with van der Waals surface area (Å²) in [6, 6.07) is 18.2. The molecule has 2 aromatic rings. The molecule has 0 bridgehead atoms. The molecule has 3 N–H and O–H groups in total. The molecule has 4 rings (SSSR count). The van der Waals surface area contributed by atoms with Gasteiger partial charge in [-0.2, -0.15) is 0 Å². The highest BCUT2D eigenvalue weighted by Gasteiger charge is 2.32. The molecule has 0 amide bonds. The van der Waals surface area contributed by atoms with Crippen LogP contribution >= 0.6 is 0 Å². The Morgan fingerprint density at radius 2 is 1.85 bits per heavy atom. The Kier molecular flexibility index (Phi) is 5.23. The van der Waals surface area contributed by atoms with E-state index in [1.165, 1.54) is 11.1 Å². The Morgan fingerprint density at radius 1 is 1.04 bits per heavy atom. The van der Waals surface area contributed by atoms with Crippen molar-refractivity contribution < 1.29 is 10.2 Å². The van der Waals surface area contributed by atoms with Gasteiger partial charge in [0.1, 0.15) is 12.0 Å². The summed E-state index contributed by atoms with van der Waals surface area (Å²) in [5.74, 6) is 0.284. The average Bonchev–Trinajstić information content (AvgIpc) is 3.23. The molecule has 5 heteroatoms. The molecule has 2 aliphatic heterocycles. The highest BCUT2D eigenvalue weighted by Crippen LogP contribution is 2.27. The molecule has 0 aromatic heterocycles. The van der Waals surface area contributed by atoms with Crippen LogP contribution in [0.1, 0.15) is 17.5 Å². The third kappa shape index (κ3) is 4.38. The van der Waals surface area contributed by atoms with E-state index in [9.17, 15) is 10.2 Å². The molecule has 27 heavy (non-hydrogen) atoms.